The molecular weight excluding hydrogens is 319 g/mol. The number of nitrogens with zero attached hydrogens (tertiary/aromatic N) is 2. The van der Waals surface area contributed by atoms with E-state index >= 15 is 0 Å². The number of benzene rings is 1. The molecule has 0 unspecified atom stereocenters. The molecular formula is C16H23FN2O3S. The van der Waals surface area contributed by atoms with Gasteiger partial charge in [-0.3, -0.25) is 0 Å². The Morgan fingerprint density at radius 1 is 1.30 bits per heavy atom. The highest BCUT2D eigenvalue weighted by atomic mass is 32.2. The molecule has 23 heavy (non-hydrogen) atoms. The molecule has 1 aromatic rings. The van der Waals surface area contributed by atoms with Crippen LogP contribution < -0.4 is 0 Å². The van der Waals surface area contributed by atoms with Crippen LogP contribution in [0.25, 0.3) is 0 Å². The average Bonchev–Trinajstić information content (AvgIpc) is 3.30. The van der Waals surface area contributed by atoms with Crippen molar-refractivity contribution in [2.45, 2.75) is 44.9 Å². The van der Waals surface area contributed by atoms with Gasteiger partial charge in [0.05, 0.1) is 12.2 Å². The first kappa shape index (κ1) is 16.8. The summed E-state index contributed by atoms with van der Waals surface area (Å²) in [6.45, 7) is 5.21. The SMILES string of the molecule is CC1(C)CN(S(=O)(=O)N(Cc2ccc(F)cc2)C2CC2)CCO1. The molecule has 1 saturated carbocycles. The summed E-state index contributed by atoms with van der Waals surface area (Å²) in [7, 11) is -3.55. The number of morpholine rings is 1. The van der Waals surface area contributed by atoms with Crippen LogP contribution in [-0.2, 0) is 21.5 Å². The Balaban J connectivity index is 1.80. The molecule has 0 bridgehead atoms. The minimum absolute atomic E-state index is 0.0519. The van der Waals surface area contributed by atoms with Crippen LogP contribution in [0.2, 0.25) is 0 Å². The molecule has 1 heterocycles. The normalized spacial score (nSPS) is 22.4. The number of hydrogen-bond donors (Lipinski definition) is 0. The first-order valence-electron chi connectivity index (χ1n) is 7.93. The van der Waals surface area contributed by atoms with E-state index in [4.69, 9.17) is 4.74 Å². The molecule has 0 atom stereocenters. The summed E-state index contributed by atoms with van der Waals surface area (Å²) in [6, 6.07) is 6.07. The molecule has 2 aliphatic rings. The van der Waals surface area contributed by atoms with Crippen molar-refractivity contribution in [3.05, 3.63) is 35.6 Å². The molecule has 1 aliphatic carbocycles. The average molecular weight is 342 g/mol. The lowest BCUT2D eigenvalue weighted by Gasteiger charge is -2.39. The second-order valence-electron chi connectivity index (χ2n) is 6.85. The summed E-state index contributed by atoms with van der Waals surface area (Å²) in [4.78, 5) is 0. The highest BCUT2D eigenvalue weighted by Crippen LogP contribution is 2.33. The molecule has 0 spiro atoms. The first-order valence-corrected chi connectivity index (χ1v) is 9.33. The van der Waals surface area contributed by atoms with Gasteiger partial charge in [0.2, 0.25) is 0 Å². The van der Waals surface area contributed by atoms with Gasteiger partial charge in [-0.15, -0.1) is 0 Å². The number of halogens is 1. The smallest absolute Gasteiger partial charge is 0.282 e. The predicted octanol–water partition coefficient (Wildman–Crippen LogP) is 2.15. The van der Waals surface area contributed by atoms with E-state index in [2.05, 4.69) is 0 Å². The van der Waals surface area contributed by atoms with Gasteiger partial charge in [0, 0.05) is 25.7 Å². The van der Waals surface area contributed by atoms with Gasteiger partial charge in [-0.05, 0) is 44.4 Å². The molecule has 1 saturated heterocycles. The van der Waals surface area contributed by atoms with E-state index in [-0.39, 0.29) is 18.4 Å². The van der Waals surface area contributed by atoms with Crippen molar-refractivity contribution in [2.75, 3.05) is 19.7 Å². The molecule has 0 amide bonds. The first-order chi connectivity index (χ1) is 10.8. The maximum atomic E-state index is 13.1. The van der Waals surface area contributed by atoms with Gasteiger partial charge in [-0.2, -0.15) is 17.0 Å². The third kappa shape index (κ3) is 3.91. The minimum Gasteiger partial charge on any atom is -0.373 e. The highest BCUT2D eigenvalue weighted by Gasteiger charge is 2.43. The van der Waals surface area contributed by atoms with Crippen molar-refractivity contribution in [2.24, 2.45) is 0 Å². The number of hydrogen-bond acceptors (Lipinski definition) is 3. The monoisotopic (exact) mass is 342 g/mol. The Labute approximate surface area is 137 Å². The lowest BCUT2D eigenvalue weighted by molar-refractivity contribution is -0.0653. The Morgan fingerprint density at radius 3 is 2.52 bits per heavy atom. The highest BCUT2D eigenvalue weighted by molar-refractivity contribution is 7.86. The molecule has 5 nitrogen and oxygen atoms in total. The van der Waals surface area contributed by atoms with Crippen LogP contribution in [-0.4, -0.2) is 48.4 Å². The summed E-state index contributed by atoms with van der Waals surface area (Å²) in [5, 5.41) is 0. The van der Waals surface area contributed by atoms with Crippen LogP contribution >= 0.6 is 0 Å². The maximum absolute atomic E-state index is 13.1. The van der Waals surface area contributed by atoms with Crippen LogP contribution in [0.3, 0.4) is 0 Å². The van der Waals surface area contributed by atoms with Crippen LogP contribution in [0.15, 0.2) is 24.3 Å². The molecule has 1 aromatic carbocycles. The van der Waals surface area contributed by atoms with E-state index < -0.39 is 15.8 Å². The molecule has 7 heteroatoms. The number of rotatable bonds is 5. The fraction of sp³-hybridized carbons (Fsp3) is 0.625. The van der Waals surface area contributed by atoms with E-state index in [1.165, 1.54) is 16.4 Å². The molecule has 0 aromatic heterocycles. The molecule has 0 N–H and O–H groups in total. The summed E-state index contributed by atoms with van der Waals surface area (Å²) in [6.07, 6.45) is 1.77. The van der Waals surface area contributed by atoms with E-state index in [1.54, 1.807) is 16.4 Å². The zero-order valence-corrected chi connectivity index (χ0v) is 14.4. The molecule has 128 valence electrons. The van der Waals surface area contributed by atoms with Crippen molar-refractivity contribution < 1.29 is 17.5 Å². The van der Waals surface area contributed by atoms with E-state index in [0.717, 1.165) is 18.4 Å². The third-order valence-electron chi connectivity index (χ3n) is 4.22. The largest absolute Gasteiger partial charge is 0.373 e. The van der Waals surface area contributed by atoms with Gasteiger partial charge >= 0.3 is 0 Å². The summed E-state index contributed by atoms with van der Waals surface area (Å²) in [5.41, 5.74) is 0.325. The summed E-state index contributed by atoms with van der Waals surface area (Å²) >= 11 is 0. The van der Waals surface area contributed by atoms with E-state index in [9.17, 15) is 12.8 Å². The van der Waals surface area contributed by atoms with Crippen molar-refractivity contribution >= 4 is 10.2 Å². The molecule has 0 radical (unpaired) electrons. The fourth-order valence-corrected chi connectivity index (χ4v) is 4.83. The minimum atomic E-state index is -3.55. The maximum Gasteiger partial charge on any atom is 0.282 e. The van der Waals surface area contributed by atoms with Gasteiger partial charge in [0.25, 0.3) is 10.2 Å². The Hall–Kier alpha value is -1.02. The summed E-state index contributed by atoms with van der Waals surface area (Å²) in [5.74, 6) is -0.315. The van der Waals surface area contributed by atoms with Gasteiger partial charge < -0.3 is 4.74 Å². The Kier molecular flexibility index (Phi) is 4.48. The molecule has 2 fully saturated rings. The lowest BCUT2D eigenvalue weighted by atomic mass is 10.1. The van der Waals surface area contributed by atoms with Crippen molar-refractivity contribution in [1.29, 1.82) is 0 Å². The zero-order valence-electron chi connectivity index (χ0n) is 13.5. The van der Waals surface area contributed by atoms with Gasteiger partial charge in [-0.25, -0.2) is 4.39 Å². The Bertz CT molecular complexity index is 656. The van der Waals surface area contributed by atoms with Crippen molar-refractivity contribution in [3.63, 3.8) is 0 Å². The predicted molar refractivity (Wildman–Crippen MR) is 85.5 cm³/mol. The van der Waals surface area contributed by atoms with Gasteiger partial charge in [0.15, 0.2) is 0 Å². The molecule has 1 aliphatic heterocycles. The zero-order chi connectivity index (χ0) is 16.7. The van der Waals surface area contributed by atoms with Crippen LogP contribution in [0, 0.1) is 5.82 Å². The van der Waals surface area contributed by atoms with Crippen molar-refractivity contribution in [3.8, 4) is 0 Å². The van der Waals surface area contributed by atoms with Gasteiger partial charge in [-0.1, -0.05) is 12.1 Å². The number of ether oxygens (including phenoxy) is 1. The standard InChI is InChI=1S/C16H23FN2O3S/c1-16(2)12-18(9-10-22-16)23(20,21)19(15-7-8-15)11-13-3-5-14(17)6-4-13/h3-6,15H,7-12H2,1-2H3. The molecule has 3 rings (SSSR count). The van der Waals surface area contributed by atoms with Crippen LogP contribution in [0.1, 0.15) is 32.3 Å². The van der Waals surface area contributed by atoms with Crippen molar-refractivity contribution in [1.82, 2.24) is 8.61 Å². The van der Waals surface area contributed by atoms with Crippen LogP contribution in [0.5, 0.6) is 0 Å². The van der Waals surface area contributed by atoms with Gasteiger partial charge in [0.1, 0.15) is 5.82 Å². The van der Waals surface area contributed by atoms with E-state index in [1.807, 2.05) is 13.8 Å². The van der Waals surface area contributed by atoms with E-state index in [0.29, 0.717) is 19.7 Å². The fourth-order valence-electron chi connectivity index (χ4n) is 2.85. The second-order valence-corrected chi connectivity index (χ2v) is 8.73. The third-order valence-corrected chi connectivity index (χ3v) is 6.20. The second kappa shape index (κ2) is 6.12. The topological polar surface area (TPSA) is 49.9 Å². The summed E-state index contributed by atoms with van der Waals surface area (Å²) < 4.78 is 47.8. The lowest BCUT2D eigenvalue weighted by Crippen LogP contribution is -2.54. The quantitative estimate of drug-likeness (QED) is 0.824. The Morgan fingerprint density at radius 2 is 1.96 bits per heavy atom. The van der Waals surface area contributed by atoms with Crippen LogP contribution in [0.4, 0.5) is 4.39 Å².